The fraction of sp³-hybridized carbons (Fsp3) is 0.467. The quantitative estimate of drug-likeness (QED) is 0.824. The molecule has 7 nitrogen and oxygen atoms in total. The molecule has 24 heavy (non-hydrogen) atoms. The fourth-order valence-electron chi connectivity index (χ4n) is 3.39. The average molecular weight is 367 g/mol. The first-order valence-corrected chi connectivity index (χ1v) is 10.0. The van der Waals surface area contributed by atoms with Gasteiger partial charge in [0.05, 0.1) is 12.1 Å². The van der Waals surface area contributed by atoms with Gasteiger partial charge in [0.15, 0.2) is 5.76 Å². The predicted molar refractivity (Wildman–Crippen MR) is 87.9 cm³/mol. The second-order valence-electron chi connectivity index (χ2n) is 6.23. The number of piperidine rings is 1. The van der Waals surface area contributed by atoms with Crippen molar-refractivity contribution in [3.63, 3.8) is 0 Å². The van der Waals surface area contributed by atoms with Gasteiger partial charge in [0.2, 0.25) is 5.91 Å². The van der Waals surface area contributed by atoms with Gasteiger partial charge >= 0.3 is 0 Å². The van der Waals surface area contributed by atoms with Gasteiger partial charge in [-0.1, -0.05) is 5.16 Å². The van der Waals surface area contributed by atoms with Crippen LogP contribution in [0.4, 0.5) is 0 Å². The summed E-state index contributed by atoms with van der Waals surface area (Å²) >= 11 is 1.16. The van der Waals surface area contributed by atoms with Gasteiger partial charge in [0.1, 0.15) is 4.21 Å². The van der Waals surface area contributed by atoms with Gasteiger partial charge in [0.25, 0.3) is 10.0 Å². The lowest BCUT2D eigenvalue weighted by molar-refractivity contribution is -0.138. The Kier molecular flexibility index (Phi) is 3.74. The van der Waals surface area contributed by atoms with Crippen LogP contribution in [0.2, 0.25) is 0 Å². The summed E-state index contributed by atoms with van der Waals surface area (Å²) in [6.45, 7) is 0.619. The molecule has 2 aromatic rings. The summed E-state index contributed by atoms with van der Waals surface area (Å²) in [6.07, 6.45) is 3.13. The predicted octanol–water partition coefficient (Wildman–Crippen LogP) is 1.64. The van der Waals surface area contributed by atoms with Gasteiger partial charge in [-0.05, 0) is 18.9 Å². The Morgan fingerprint density at radius 2 is 2.17 bits per heavy atom. The van der Waals surface area contributed by atoms with Crippen LogP contribution >= 0.6 is 11.3 Å². The first kappa shape index (κ1) is 15.8. The lowest BCUT2D eigenvalue weighted by atomic mass is 9.95. The van der Waals surface area contributed by atoms with E-state index in [-0.39, 0.29) is 28.6 Å². The third kappa shape index (κ3) is 2.47. The molecule has 0 aromatic carbocycles. The Morgan fingerprint density at radius 1 is 1.33 bits per heavy atom. The third-order valence-electron chi connectivity index (χ3n) is 4.82. The largest absolute Gasteiger partial charge is 0.356 e. The Labute approximate surface area is 143 Å². The number of amides is 1. The van der Waals surface area contributed by atoms with E-state index < -0.39 is 10.0 Å². The second-order valence-corrected chi connectivity index (χ2v) is 9.31. The maximum Gasteiger partial charge on any atom is 0.252 e. The molecule has 0 aliphatic carbocycles. The molecule has 2 aromatic heterocycles. The molecular formula is C15H17N3O4S2. The lowest BCUT2D eigenvalue weighted by Crippen LogP contribution is -2.45. The Bertz CT molecular complexity index is 859. The highest BCUT2D eigenvalue weighted by Crippen LogP contribution is 2.34. The van der Waals surface area contributed by atoms with Gasteiger partial charge < -0.3 is 9.42 Å². The monoisotopic (exact) mass is 367 g/mol. The van der Waals surface area contributed by atoms with Crippen molar-refractivity contribution in [2.24, 2.45) is 5.92 Å². The molecule has 1 amide bonds. The standard InChI is InChI=1S/C15H17N3O4S2/c1-17-12-3-2-10(15(17)19)7-18(8-12)24(20,21)14-6-11(9-23-14)13-4-5-16-22-13/h4-6,9-10,12H,2-3,7-8H2,1H3/t10-,12+/m0/s1. The number of hydrogen-bond donors (Lipinski definition) is 0. The summed E-state index contributed by atoms with van der Waals surface area (Å²) < 4.78 is 32.8. The van der Waals surface area contributed by atoms with Crippen molar-refractivity contribution in [2.75, 3.05) is 20.1 Å². The molecule has 2 atom stereocenters. The van der Waals surface area contributed by atoms with Gasteiger partial charge in [-0.2, -0.15) is 4.31 Å². The molecular weight excluding hydrogens is 350 g/mol. The number of likely N-dealkylation sites (N-methyl/N-ethyl adjacent to an activating group) is 1. The van der Waals surface area contributed by atoms with Crippen molar-refractivity contribution in [3.8, 4) is 11.3 Å². The maximum absolute atomic E-state index is 13.0. The fourth-order valence-corrected chi connectivity index (χ4v) is 6.23. The van der Waals surface area contributed by atoms with Crippen molar-refractivity contribution >= 4 is 27.3 Å². The Hall–Kier alpha value is -1.71. The van der Waals surface area contributed by atoms with E-state index in [4.69, 9.17) is 4.52 Å². The van der Waals surface area contributed by atoms with Crippen LogP contribution in [0.1, 0.15) is 12.8 Å². The molecule has 0 radical (unpaired) electrons. The number of sulfonamides is 1. The third-order valence-corrected chi connectivity index (χ3v) is 8.07. The zero-order valence-corrected chi connectivity index (χ0v) is 14.7. The first-order chi connectivity index (χ1) is 11.5. The van der Waals surface area contributed by atoms with Crippen LogP contribution in [0.3, 0.4) is 0 Å². The van der Waals surface area contributed by atoms with Gasteiger partial charge in [-0.25, -0.2) is 8.42 Å². The maximum atomic E-state index is 13.0. The highest BCUT2D eigenvalue weighted by Gasteiger charge is 2.43. The zero-order valence-electron chi connectivity index (χ0n) is 13.1. The molecule has 3 saturated heterocycles. The lowest BCUT2D eigenvalue weighted by Gasteiger charge is -2.32. The number of hydrogen-bond acceptors (Lipinski definition) is 6. The molecule has 0 spiro atoms. The Morgan fingerprint density at radius 3 is 2.92 bits per heavy atom. The molecule has 9 heteroatoms. The summed E-state index contributed by atoms with van der Waals surface area (Å²) in [6, 6.07) is 3.26. The molecule has 5 heterocycles. The topological polar surface area (TPSA) is 83.7 Å². The normalized spacial score (nSPS) is 25.2. The van der Waals surface area contributed by atoms with Gasteiger partial charge in [-0.15, -0.1) is 11.3 Å². The average Bonchev–Trinajstić information content (AvgIpc) is 3.18. The first-order valence-electron chi connectivity index (χ1n) is 7.73. The molecule has 3 aliphatic heterocycles. The number of carbonyl (C=O) groups is 1. The van der Waals surface area contributed by atoms with Gasteiger partial charge in [-0.3, -0.25) is 4.79 Å². The van der Waals surface area contributed by atoms with Crippen LogP contribution in [0.15, 0.2) is 32.4 Å². The molecule has 0 saturated carbocycles. The molecule has 5 rings (SSSR count). The van der Waals surface area contributed by atoms with Crippen LogP contribution in [0.25, 0.3) is 11.3 Å². The molecule has 2 bridgehead atoms. The summed E-state index contributed by atoms with van der Waals surface area (Å²) in [4.78, 5) is 14.0. The van der Waals surface area contributed by atoms with Crippen LogP contribution in [-0.4, -0.2) is 54.9 Å². The summed E-state index contributed by atoms with van der Waals surface area (Å²) in [5.74, 6) is 0.355. The van der Waals surface area contributed by atoms with Crippen LogP contribution < -0.4 is 0 Å². The minimum absolute atomic E-state index is 0.0419. The van der Waals surface area contributed by atoms with Gasteiger partial charge in [0, 0.05) is 43.2 Å². The minimum Gasteiger partial charge on any atom is -0.356 e. The van der Waals surface area contributed by atoms with Crippen molar-refractivity contribution in [1.29, 1.82) is 0 Å². The molecule has 0 N–H and O–H groups in total. The van der Waals surface area contributed by atoms with Crippen LogP contribution in [-0.2, 0) is 14.8 Å². The van der Waals surface area contributed by atoms with Crippen molar-refractivity contribution in [1.82, 2.24) is 14.4 Å². The number of rotatable bonds is 3. The molecule has 3 fully saturated rings. The van der Waals surface area contributed by atoms with Crippen molar-refractivity contribution in [3.05, 3.63) is 23.7 Å². The SMILES string of the molecule is CN1C(=O)[C@H]2CC[C@@H]1CN(S(=O)(=O)c1cc(-c3ccno3)cs1)C2. The van der Waals surface area contributed by atoms with Crippen LogP contribution in [0, 0.1) is 5.92 Å². The van der Waals surface area contributed by atoms with E-state index in [1.807, 2.05) is 0 Å². The molecule has 0 unspecified atom stereocenters. The molecule has 3 aliphatic rings. The number of aromatic nitrogens is 1. The minimum atomic E-state index is -3.62. The number of carbonyl (C=O) groups excluding carboxylic acids is 1. The van der Waals surface area contributed by atoms with E-state index in [9.17, 15) is 13.2 Å². The van der Waals surface area contributed by atoms with Crippen LogP contribution in [0.5, 0.6) is 0 Å². The van der Waals surface area contributed by atoms with E-state index in [0.29, 0.717) is 17.9 Å². The van der Waals surface area contributed by atoms with Crippen molar-refractivity contribution < 1.29 is 17.7 Å². The molecule has 128 valence electrons. The number of fused-ring (bicyclic) bond motifs is 4. The summed E-state index contributed by atoms with van der Waals surface area (Å²) in [5.41, 5.74) is 0.696. The highest BCUT2D eigenvalue weighted by molar-refractivity contribution is 7.91. The van der Waals surface area contributed by atoms with E-state index in [2.05, 4.69) is 5.16 Å². The summed E-state index contributed by atoms with van der Waals surface area (Å²) in [5, 5.41) is 5.39. The Balaban J connectivity index is 1.65. The van der Waals surface area contributed by atoms with E-state index in [1.165, 1.54) is 10.5 Å². The zero-order chi connectivity index (χ0) is 16.9. The van der Waals surface area contributed by atoms with Crippen molar-refractivity contribution in [2.45, 2.75) is 23.1 Å². The second kappa shape index (κ2) is 5.68. The highest BCUT2D eigenvalue weighted by atomic mass is 32.2. The number of thiophene rings is 1. The smallest absolute Gasteiger partial charge is 0.252 e. The number of nitrogens with zero attached hydrogens (tertiary/aromatic N) is 3. The van der Waals surface area contributed by atoms with E-state index in [1.54, 1.807) is 29.5 Å². The van der Waals surface area contributed by atoms with E-state index >= 15 is 0 Å². The van der Waals surface area contributed by atoms with E-state index in [0.717, 1.165) is 24.2 Å². The summed E-state index contributed by atoms with van der Waals surface area (Å²) in [7, 11) is -1.85.